The van der Waals surface area contributed by atoms with E-state index >= 15 is 0 Å². The molecule has 56 heavy (non-hydrogen) atoms. The minimum atomic E-state index is -1.63. The number of carboxylic acids is 1. The van der Waals surface area contributed by atoms with Gasteiger partial charge in [0, 0.05) is 54.3 Å². The molecule has 5 N–H and O–H groups in total. The molecule has 0 radical (unpaired) electrons. The van der Waals surface area contributed by atoms with E-state index in [1.807, 2.05) is 54.6 Å². The highest BCUT2D eigenvalue weighted by Gasteiger charge is 2.33. The van der Waals surface area contributed by atoms with E-state index in [0.717, 1.165) is 45.6 Å². The second-order valence-electron chi connectivity index (χ2n) is 13.4. The Labute approximate surface area is 334 Å². The van der Waals surface area contributed by atoms with Crippen molar-refractivity contribution >= 4 is 29.2 Å². The number of hydrogen-bond acceptors (Lipinski definition) is 11. The number of aliphatic carboxylic acids is 1. The van der Waals surface area contributed by atoms with Crippen molar-refractivity contribution in [3.05, 3.63) is 123 Å². The van der Waals surface area contributed by atoms with E-state index in [2.05, 4.69) is 32.7 Å². The number of nitriles is 1. The molecule has 3 aromatic carbocycles. The first-order valence-electron chi connectivity index (χ1n) is 18.0. The summed E-state index contributed by atoms with van der Waals surface area (Å²) in [6, 6.07) is 25.1. The lowest BCUT2D eigenvalue weighted by Gasteiger charge is -2.24. The van der Waals surface area contributed by atoms with Crippen molar-refractivity contribution in [3.8, 4) is 45.8 Å². The van der Waals surface area contributed by atoms with Crippen LogP contribution in [-0.2, 0) is 24.4 Å². The molecule has 1 aliphatic rings. The molecule has 6 rings (SSSR count). The Bertz CT molecular complexity index is 2220. The molecule has 0 saturated heterocycles. The van der Waals surface area contributed by atoms with Gasteiger partial charge in [-0.05, 0) is 66.3 Å². The number of nitrogens with one attached hydrogen (secondary N) is 2. The summed E-state index contributed by atoms with van der Waals surface area (Å²) in [5, 5.41) is 44.5. The number of pyridine rings is 2. The predicted octanol–water partition coefficient (Wildman–Crippen LogP) is 6.52. The second kappa shape index (κ2) is 18.6. The zero-order chi connectivity index (χ0) is 39.7. The van der Waals surface area contributed by atoms with Gasteiger partial charge in [-0.25, -0.2) is 0 Å². The molecule has 1 aliphatic carbocycles. The van der Waals surface area contributed by atoms with Gasteiger partial charge in [-0.3, -0.25) is 15.1 Å². The summed E-state index contributed by atoms with van der Waals surface area (Å²) in [4.78, 5) is 20.6. The highest BCUT2D eigenvalue weighted by atomic mass is 35.5. The molecule has 0 fully saturated rings. The molecule has 0 unspecified atom stereocenters. The average molecular weight is 799 g/mol. The molecule has 0 aliphatic heterocycles. The van der Waals surface area contributed by atoms with Crippen LogP contribution in [0.5, 0.6) is 17.5 Å². The van der Waals surface area contributed by atoms with Crippen molar-refractivity contribution in [2.45, 2.75) is 44.6 Å². The third-order valence-corrected chi connectivity index (χ3v) is 10.2. The van der Waals surface area contributed by atoms with Gasteiger partial charge >= 0.3 is 5.97 Å². The number of benzene rings is 3. The van der Waals surface area contributed by atoms with E-state index in [1.165, 1.54) is 13.1 Å². The summed E-state index contributed by atoms with van der Waals surface area (Å²) in [5.74, 6) is -0.221. The van der Waals surface area contributed by atoms with Crippen LogP contribution in [0.25, 0.3) is 22.3 Å². The smallest absolute Gasteiger partial charge is 0.326 e. The SMILES string of the molecule is C[C@@](CO)(NCc1cc(Cl)c(O[C@H]2CCc3c(-c4cccc(-c5ccc(OCCNCCO)cc5)c4Cl)cccc32)nc1OCc1cncc(C#N)c1)C(=O)O. The monoisotopic (exact) mass is 797 g/mol. The minimum Gasteiger partial charge on any atom is -0.492 e. The van der Waals surface area contributed by atoms with E-state index in [9.17, 15) is 20.3 Å². The molecule has 0 bridgehead atoms. The van der Waals surface area contributed by atoms with Crippen LogP contribution < -0.4 is 24.8 Å². The van der Waals surface area contributed by atoms with Gasteiger partial charge in [-0.15, -0.1) is 0 Å². The van der Waals surface area contributed by atoms with Crippen molar-refractivity contribution in [2.24, 2.45) is 0 Å². The van der Waals surface area contributed by atoms with Crippen LogP contribution in [0.1, 0.15) is 47.3 Å². The number of rotatable bonds is 18. The number of aliphatic hydroxyl groups excluding tert-OH is 2. The number of nitrogens with zero attached hydrogens (tertiary/aromatic N) is 3. The van der Waals surface area contributed by atoms with Crippen LogP contribution in [0.4, 0.5) is 0 Å². The van der Waals surface area contributed by atoms with Crippen molar-refractivity contribution < 1.29 is 34.3 Å². The topological polar surface area (TPSA) is 179 Å². The molecule has 290 valence electrons. The highest BCUT2D eigenvalue weighted by molar-refractivity contribution is 6.36. The molecule has 0 amide bonds. The summed E-state index contributed by atoms with van der Waals surface area (Å²) in [6.45, 7) is 2.40. The van der Waals surface area contributed by atoms with E-state index < -0.39 is 18.1 Å². The number of aromatic nitrogens is 2. The Hall–Kier alpha value is -5.26. The molecule has 2 atom stereocenters. The molecule has 12 nitrogen and oxygen atoms in total. The van der Waals surface area contributed by atoms with Crippen LogP contribution in [0.2, 0.25) is 10.0 Å². The van der Waals surface area contributed by atoms with E-state index in [1.54, 1.807) is 18.3 Å². The number of halogens is 2. The first kappa shape index (κ1) is 40.4. The van der Waals surface area contributed by atoms with Gasteiger partial charge in [0.05, 0.1) is 23.8 Å². The number of carboxylic acid groups (broad SMARTS) is 1. The van der Waals surface area contributed by atoms with Gasteiger partial charge in [-0.2, -0.15) is 10.2 Å². The number of carbonyl (C=O) groups is 1. The van der Waals surface area contributed by atoms with E-state index in [0.29, 0.717) is 47.8 Å². The maximum absolute atomic E-state index is 11.9. The molecule has 0 saturated carbocycles. The third kappa shape index (κ3) is 9.39. The third-order valence-electron chi connectivity index (χ3n) is 9.50. The fourth-order valence-electron chi connectivity index (χ4n) is 6.36. The van der Waals surface area contributed by atoms with Crippen molar-refractivity contribution in [2.75, 3.05) is 32.9 Å². The Morgan fingerprint density at radius 3 is 2.50 bits per heavy atom. The number of ether oxygens (including phenoxy) is 3. The Morgan fingerprint density at radius 1 is 0.982 bits per heavy atom. The summed E-state index contributed by atoms with van der Waals surface area (Å²) in [7, 11) is 0. The molecule has 0 spiro atoms. The maximum atomic E-state index is 11.9. The minimum absolute atomic E-state index is 0.0109. The van der Waals surface area contributed by atoms with E-state index in [4.69, 9.17) is 42.5 Å². The standard InChI is InChI=1S/C42H41Cl2N5O7/c1-42(25-51,41(52)53)48-23-29-19-36(43)40(49-39(29)55-24-27-18-26(20-45)21-47-22-27)56-37-13-12-33-32(5-3-6-34(33)37)35-7-2-4-31(38(35)44)28-8-10-30(11-9-28)54-17-15-46-14-16-50/h2-11,18-19,21-22,37,46,48,50-51H,12-17,23-25H2,1H3,(H,52,53)/t37-,42-/m0/s1. The van der Waals surface area contributed by atoms with Crippen molar-refractivity contribution in [3.63, 3.8) is 0 Å². The molecular weight excluding hydrogens is 757 g/mol. The number of hydrogen-bond donors (Lipinski definition) is 5. The zero-order valence-electron chi connectivity index (χ0n) is 30.6. The van der Waals surface area contributed by atoms with Gasteiger partial charge in [0.2, 0.25) is 11.8 Å². The fraction of sp³-hybridized carbons (Fsp3) is 0.286. The van der Waals surface area contributed by atoms with Gasteiger partial charge in [-0.1, -0.05) is 71.7 Å². The number of fused-ring (bicyclic) bond motifs is 1. The predicted molar refractivity (Wildman–Crippen MR) is 212 cm³/mol. The molecule has 5 aromatic rings. The molecule has 2 aromatic heterocycles. The first-order valence-corrected chi connectivity index (χ1v) is 18.8. The van der Waals surface area contributed by atoms with Crippen LogP contribution in [-0.4, -0.2) is 69.7 Å². The Morgan fingerprint density at radius 2 is 1.75 bits per heavy atom. The van der Waals surface area contributed by atoms with E-state index in [-0.39, 0.29) is 42.6 Å². The van der Waals surface area contributed by atoms with Gasteiger partial charge in [0.1, 0.15) is 41.7 Å². The first-order chi connectivity index (χ1) is 27.1. The van der Waals surface area contributed by atoms with Gasteiger partial charge in [0.15, 0.2) is 0 Å². The lowest BCUT2D eigenvalue weighted by molar-refractivity contribution is -0.145. The highest BCUT2D eigenvalue weighted by Crippen LogP contribution is 2.45. The largest absolute Gasteiger partial charge is 0.492 e. The average Bonchev–Trinajstić information content (AvgIpc) is 3.63. The number of aliphatic hydroxyl groups is 2. The molecular formula is C42H41Cl2N5O7. The Balaban J connectivity index is 1.24. The van der Waals surface area contributed by atoms with Gasteiger partial charge < -0.3 is 34.8 Å². The normalized spacial score (nSPS) is 14.4. The second-order valence-corrected chi connectivity index (χ2v) is 14.2. The lowest BCUT2D eigenvalue weighted by atomic mass is 9.94. The summed E-state index contributed by atoms with van der Waals surface area (Å²) < 4.78 is 18.4. The quantitative estimate of drug-likeness (QED) is 0.0608. The van der Waals surface area contributed by atoms with Crippen molar-refractivity contribution in [1.82, 2.24) is 20.6 Å². The van der Waals surface area contributed by atoms with Crippen molar-refractivity contribution in [1.29, 1.82) is 5.26 Å². The van der Waals surface area contributed by atoms with Crippen LogP contribution in [0, 0.1) is 11.3 Å². The fourth-order valence-corrected chi connectivity index (χ4v) is 6.92. The molecule has 2 heterocycles. The summed E-state index contributed by atoms with van der Waals surface area (Å²) in [5.41, 5.74) is 5.61. The lowest BCUT2D eigenvalue weighted by Crippen LogP contribution is -2.52. The zero-order valence-corrected chi connectivity index (χ0v) is 32.1. The summed E-state index contributed by atoms with van der Waals surface area (Å²) >= 11 is 13.9. The Kier molecular flexibility index (Phi) is 13.4. The van der Waals surface area contributed by atoms with Crippen LogP contribution in [0.15, 0.2) is 85.2 Å². The molecule has 14 heteroatoms. The van der Waals surface area contributed by atoms with Crippen LogP contribution in [0.3, 0.4) is 0 Å². The van der Waals surface area contributed by atoms with Gasteiger partial charge in [0.25, 0.3) is 0 Å². The summed E-state index contributed by atoms with van der Waals surface area (Å²) in [6.07, 6.45) is 4.00. The maximum Gasteiger partial charge on any atom is 0.326 e. The van der Waals surface area contributed by atoms with Crippen LogP contribution >= 0.6 is 23.2 Å².